The second-order valence-electron chi connectivity index (χ2n) is 10.3. The lowest BCUT2D eigenvalue weighted by molar-refractivity contribution is -0.384. The number of allylic oxidation sites excluding steroid dienone is 1. The fourth-order valence-electron chi connectivity index (χ4n) is 4.31. The molecular formula is C30H29N3O12S3. The largest absolute Gasteiger partial charge is 0.484 e. The van der Waals surface area contributed by atoms with Crippen LogP contribution in [-0.2, 0) is 48.9 Å². The van der Waals surface area contributed by atoms with Crippen molar-refractivity contribution >= 4 is 53.3 Å². The summed E-state index contributed by atoms with van der Waals surface area (Å²) in [6.45, 7) is 1.81. The summed E-state index contributed by atoms with van der Waals surface area (Å²) >= 11 is 0. The van der Waals surface area contributed by atoms with Crippen molar-refractivity contribution in [1.82, 2.24) is 10.2 Å². The molecule has 0 aromatic heterocycles. The van der Waals surface area contributed by atoms with Crippen molar-refractivity contribution in [2.45, 2.75) is 36.8 Å². The molecule has 2 amide bonds. The number of para-hydroxylation sites is 1. The molecule has 15 nitrogen and oxygen atoms in total. The van der Waals surface area contributed by atoms with Crippen LogP contribution in [0.4, 0.5) is 5.69 Å². The van der Waals surface area contributed by atoms with Crippen LogP contribution in [0.25, 0.3) is 0 Å². The molecule has 2 atom stereocenters. The first-order valence-electron chi connectivity index (χ1n) is 13.9. The number of carbonyl (C=O) groups excluding carboxylic acids is 3. The second kappa shape index (κ2) is 14.9. The Labute approximate surface area is 279 Å². The molecule has 0 saturated carbocycles. The summed E-state index contributed by atoms with van der Waals surface area (Å²) in [6, 6.07) is 17.6. The second-order valence-corrected chi connectivity index (χ2v) is 15.8. The van der Waals surface area contributed by atoms with Gasteiger partial charge in [0.15, 0.2) is 12.3 Å². The molecule has 0 unspecified atom stereocenters. The van der Waals surface area contributed by atoms with Gasteiger partial charge in [-0.25, -0.2) is 13.2 Å². The van der Waals surface area contributed by atoms with E-state index in [9.17, 15) is 41.3 Å². The normalized spacial score (nSPS) is 16.6. The number of nitro benzene ring substituents is 1. The summed E-state index contributed by atoms with van der Waals surface area (Å²) in [6.07, 6.45) is 0.693. The molecule has 1 fully saturated rings. The number of nitrogens with one attached hydrogen (secondary N) is 1. The maximum atomic E-state index is 13.6. The highest BCUT2D eigenvalue weighted by molar-refractivity contribution is 8.72. The predicted molar refractivity (Wildman–Crippen MR) is 172 cm³/mol. The maximum Gasteiger partial charge on any atom is 0.359 e. The van der Waals surface area contributed by atoms with E-state index in [0.717, 1.165) is 12.5 Å². The van der Waals surface area contributed by atoms with Crippen LogP contribution < -0.4 is 10.1 Å². The lowest BCUT2D eigenvalue weighted by Crippen LogP contribution is -2.70. The first-order valence-corrected chi connectivity index (χ1v) is 18.6. The van der Waals surface area contributed by atoms with Crippen LogP contribution in [0, 0.1) is 17.0 Å². The number of nitro groups is 1. The summed E-state index contributed by atoms with van der Waals surface area (Å²) in [5.74, 6) is -3.30. The highest BCUT2D eigenvalue weighted by Gasteiger charge is 2.55. The Bertz CT molecular complexity index is 1950. The van der Waals surface area contributed by atoms with Gasteiger partial charge in [0.25, 0.3) is 17.5 Å². The number of ether oxygens (including phenoxy) is 2. The van der Waals surface area contributed by atoms with Gasteiger partial charge < -0.3 is 19.0 Å². The van der Waals surface area contributed by atoms with E-state index < -0.39 is 77.8 Å². The summed E-state index contributed by atoms with van der Waals surface area (Å²) in [4.78, 5) is 50.8. The minimum atomic E-state index is -4.26. The van der Waals surface area contributed by atoms with Crippen LogP contribution in [-0.4, -0.2) is 68.7 Å². The molecule has 0 aliphatic carbocycles. The Kier molecular flexibility index (Phi) is 11.1. The van der Waals surface area contributed by atoms with Crippen molar-refractivity contribution in [2.24, 2.45) is 0 Å². The minimum Gasteiger partial charge on any atom is -0.484 e. The van der Waals surface area contributed by atoms with E-state index in [1.165, 1.54) is 36.4 Å². The lowest BCUT2D eigenvalue weighted by atomic mass is 10.1. The molecule has 0 radical (unpaired) electrons. The number of esters is 1. The molecule has 1 aliphatic heterocycles. The van der Waals surface area contributed by atoms with Crippen molar-refractivity contribution in [3.63, 3.8) is 0 Å². The van der Waals surface area contributed by atoms with Crippen molar-refractivity contribution < 1.29 is 49.8 Å². The first kappa shape index (κ1) is 35.9. The summed E-state index contributed by atoms with van der Waals surface area (Å²) < 4.78 is 66.7. The van der Waals surface area contributed by atoms with Crippen LogP contribution in [0.5, 0.6) is 5.75 Å². The quantitative estimate of drug-likeness (QED) is 0.0372. The monoisotopic (exact) mass is 719 g/mol. The van der Waals surface area contributed by atoms with Gasteiger partial charge in [-0.1, -0.05) is 35.9 Å². The molecular weight excluding hydrogens is 691 g/mol. The number of hydrogen-bond donors (Lipinski definition) is 1. The van der Waals surface area contributed by atoms with Crippen molar-refractivity contribution in [2.75, 3.05) is 12.9 Å². The van der Waals surface area contributed by atoms with Crippen LogP contribution >= 0.6 is 10.8 Å². The topological polar surface area (TPSA) is 206 Å². The van der Waals surface area contributed by atoms with Gasteiger partial charge in [-0.3, -0.25) is 24.6 Å². The van der Waals surface area contributed by atoms with Gasteiger partial charge in [0, 0.05) is 22.9 Å². The number of benzene rings is 3. The highest BCUT2D eigenvalue weighted by Crippen LogP contribution is 2.40. The summed E-state index contributed by atoms with van der Waals surface area (Å²) in [5, 5.41) is 11.9. The molecule has 254 valence electrons. The van der Waals surface area contributed by atoms with E-state index in [-0.39, 0.29) is 21.4 Å². The molecule has 0 bridgehead atoms. The first-order chi connectivity index (χ1) is 22.6. The van der Waals surface area contributed by atoms with Crippen LogP contribution in [0.1, 0.15) is 18.1 Å². The molecule has 3 aromatic rings. The molecule has 3 aromatic carbocycles. The zero-order valence-corrected chi connectivity index (χ0v) is 28.0. The standard InChI is InChI=1S/C30H29N3O12S3/c1-19-9-15-24(16-10-19)48(41,42)46-29-26(31-25(34)18-43-23-7-5-4-6-8-23)28(35)32(29)27(20(2)45-47(3,39)40)30(36)44-17-21-11-13-22(14-12-21)33(37)38/h4-16,26,29H,17-18H2,1-3H3,(H,31,34)/b27-20+/t26-,29-/m1/s1. The number of rotatable bonds is 14. The van der Waals surface area contributed by atoms with E-state index in [4.69, 9.17) is 13.7 Å². The number of hydrogen-bond acceptors (Lipinski definition) is 13. The number of non-ortho nitro benzene ring substituents is 1. The molecule has 1 aliphatic rings. The predicted octanol–water partition coefficient (Wildman–Crippen LogP) is 3.01. The lowest BCUT2D eigenvalue weighted by Gasteiger charge is -2.46. The van der Waals surface area contributed by atoms with Gasteiger partial charge in [-0.15, -0.1) is 0 Å². The smallest absolute Gasteiger partial charge is 0.359 e. The molecule has 1 saturated heterocycles. The molecule has 4 rings (SSSR count). The van der Waals surface area contributed by atoms with E-state index in [1.807, 2.05) is 0 Å². The van der Waals surface area contributed by atoms with Gasteiger partial charge in [0.1, 0.15) is 29.5 Å². The third-order valence-corrected chi connectivity index (χ3v) is 10.8. The van der Waals surface area contributed by atoms with E-state index in [2.05, 4.69) is 5.32 Å². The van der Waals surface area contributed by atoms with E-state index in [0.29, 0.717) is 22.5 Å². The Morgan fingerprint density at radius 1 is 0.979 bits per heavy atom. The highest BCUT2D eigenvalue weighted by atomic mass is 33.1. The number of aryl methyl sites for hydroxylation is 1. The van der Waals surface area contributed by atoms with Crippen molar-refractivity contribution in [3.05, 3.63) is 112 Å². The Balaban J connectivity index is 1.66. The third kappa shape index (κ3) is 9.11. The zero-order valence-electron chi connectivity index (χ0n) is 25.6. The van der Waals surface area contributed by atoms with E-state index >= 15 is 0 Å². The third-order valence-electron chi connectivity index (χ3n) is 6.57. The average Bonchev–Trinajstić information content (AvgIpc) is 3.03. The van der Waals surface area contributed by atoms with Crippen LogP contribution in [0.15, 0.2) is 95.2 Å². The molecule has 18 heteroatoms. The number of nitrogens with zero attached hydrogens (tertiary/aromatic N) is 2. The Morgan fingerprint density at radius 2 is 1.60 bits per heavy atom. The number of likely N-dealkylation sites (tertiary alicyclic amines) is 1. The summed E-state index contributed by atoms with van der Waals surface area (Å²) in [5.41, 5.74) is 0.125. The fourth-order valence-corrected chi connectivity index (χ4v) is 8.31. The van der Waals surface area contributed by atoms with Crippen LogP contribution in [0.3, 0.4) is 0 Å². The molecule has 48 heavy (non-hydrogen) atoms. The number of carbonyl (C=O) groups is 3. The Hall–Kier alpha value is -4.94. The van der Waals surface area contributed by atoms with Crippen LogP contribution in [0.2, 0.25) is 0 Å². The fraction of sp³-hybridized carbons (Fsp3) is 0.233. The number of β-lactam (4-membered cyclic amide) rings is 1. The maximum absolute atomic E-state index is 13.6. The van der Waals surface area contributed by atoms with Gasteiger partial charge in [-0.2, -0.15) is 8.42 Å². The Morgan fingerprint density at radius 3 is 2.19 bits per heavy atom. The SMILES string of the molecule is C/C(OS(C)(=O)=O)=C(/C(=O)OCc1ccc([N+](=O)[O-])cc1)N1C(=O)[C@@H](NC(=O)COc2ccccc2)[C@H]1SS(=O)(=O)c1ccc(C)cc1. The summed E-state index contributed by atoms with van der Waals surface area (Å²) in [7, 11) is -8.28. The number of amides is 2. The van der Waals surface area contributed by atoms with Gasteiger partial charge in [0.2, 0.25) is 8.87 Å². The molecule has 1 N–H and O–H groups in total. The van der Waals surface area contributed by atoms with Crippen molar-refractivity contribution in [3.8, 4) is 5.75 Å². The van der Waals surface area contributed by atoms with Crippen molar-refractivity contribution in [1.29, 1.82) is 0 Å². The minimum absolute atomic E-state index is 0.134. The van der Waals surface area contributed by atoms with Gasteiger partial charge in [0.05, 0.1) is 16.1 Å². The van der Waals surface area contributed by atoms with E-state index in [1.54, 1.807) is 49.4 Å². The molecule has 1 heterocycles. The van der Waals surface area contributed by atoms with Gasteiger partial charge >= 0.3 is 16.1 Å². The van der Waals surface area contributed by atoms with Gasteiger partial charge in [-0.05, 0) is 55.8 Å². The zero-order chi connectivity index (χ0) is 35.2. The molecule has 0 spiro atoms. The average molecular weight is 720 g/mol.